The van der Waals surface area contributed by atoms with Gasteiger partial charge in [0.25, 0.3) is 11.8 Å². The van der Waals surface area contributed by atoms with Crippen LogP contribution in [0.2, 0.25) is 0 Å². The number of amides is 2. The molecule has 0 fully saturated rings. The van der Waals surface area contributed by atoms with Crippen LogP contribution in [0.3, 0.4) is 0 Å². The van der Waals surface area contributed by atoms with Crippen LogP contribution in [0.25, 0.3) is 5.76 Å². The summed E-state index contributed by atoms with van der Waals surface area (Å²) in [6.07, 6.45) is 0. The van der Waals surface area contributed by atoms with Crippen molar-refractivity contribution in [1.29, 1.82) is 0 Å². The molecule has 212 valence electrons. The van der Waals surface area contributed by atoms with Crippen molar-refractivity contribution in [3.8, 4) is 0 Å². The van der Waals surface area contributed by atoms with E-state index in [1.807, 2.05) is 0 Å². The Balaban J connectivity index is 1.20. The number of anilines is 2. The van der Waals surface area contributed by atoms with Crippen LogP contribution in [0.5, 0.6) is 0 Å². The van der Waals surface area contributed by atoms with Gasteiger partial charge in [0.05, 0.1) is 26.5 Å². The van der Waals surface area contributed by atoms with Crippen molar-refractivity contribution in [2.24, 2.45) is 0 Å². The monoisotopic (exact) mass is 594 g/mol. The molecule has 0 aromatic heterocycles. The maximum absolute atomic E-state index is 13.5. The van der Waals surface area contributed by atoms with E-state index in [1.54, 1.807) is 6.07 Å². The average molecular weight is 595 g/mol. The molecule has 12 heteroatoms. The molecule has 2 N–H and O–H groups in total. The highest BCUT2D eigenvalue weighted by Gasteiger charge is 2.30. The van der Waals surface area contributed by atoms with Gasteiger partial charge in [-0.05, 0) is 72.8 Å². The Kier molecular flexibility index (Phi) is 6.47. The topological polar surface area (TPSA) is 162 Å². The van der Waals surface area contributed by atoms with Gasteiger partial charge in [0.1, 0.15) is 5.76 Å². The van der Waals surface area contributed by atoms with Crippen LogP contribution in [0.15, 0.2) is 101 Å². The van der Waals surface area contributed by atoms with E-state index >= 15 is 0 Å². The fourth-order valence-corrected chi connectivity index (χ4v) is 5.92. The maximum atomic E-state index is 13.5. The predicted molar refractivity (Wildman–Crippen MR) is 151 cm³/mol. The number of nitrogens with one attached hydrogen (secondary N) is 2. The number of cyclic esters (lactones) is 3. The van der Waals surface area contributed by atoms with Crippen LogP contribution >= 0.6 is 0 Å². The van der Waals surface area contributed by atoms with Crippen LogP contribution in [-0.2, 0) is 19.3 Å². The molecule has 4 aromatic carbocycles. The van der Waals surface area contributed by atoms with Gasteiger partial charge in [-0.15, -0.1) is 0 Å². The standard InChI is InChI=1S/C31H18N2O9S/c1-16-23-10-8-17(12-25(23)30(37)41-16)27(34)32-19-4-2-6-21(14-19)43(39,40)22-7-3-5-20(15-22)33-28(35)18-9-11-24-26(13-18)31(38)42-29(24)36/h2-15H,1H2,(H,32,34)(H,33,35). The van der Waals surface area contributed by atoms with E-state index in [9.17, 15) is 32.4 Å². The Hall–Kier alpha value is -5.88. The lowest BCUT2D eigenvalue weighted by atomic mass is 10.0. The van der Waals surface area contributed by atoms with Crippen LogP contribution < -0.4 is 10.6 Å². The summed E-state index contributed by atoms with van der Waals surface area (Å²) in [5.41, 5.74) is 1.28. The van der Waals surface area contributed by atoms with E-state index in [-0.39, 0.29) is 54.7 Å². The summed E-state index contributed by atoms with van der Waals surface area (Å²) in [7, 11) is -4.10. The Morgan fingerprint density at radius 1 is 0.581 bits per heavy atom. The lowest BCUT2D eigenvalue weighted by Crippen LogP contribution is -2.14. The van der Waals surface area contributed by atoms with Crippen LogP contribution in [-0.4, -0.2) is 38.1 Å². The number of benzene rings is 4. The minimum absolute atomic E-state index is 0.0365. The minimum Gasteiger partial charge on any atom is -0.423 e. The number of rotatable bonds is 6. The molecule has 6 rings (SSSR count). The van der Waals surface area contributed by atoms with Crippen molar-refractivity contribution in [3.63, 3.8) is 0 Å². The zero-order valence-electron chi connectivity index (χ0n) is 21.9. The summed E-state index contributed by atoms with van der Waals surface area (Å²) in [5, 5.41) is 5.21. The second-order valence-electron chi connectivity index (χ2n) is 9.48. The summed E-state index contributed by atoms with van der Waals surface area (Å²) < 4.78 is 36.5. The Morgan fingerprint density at radius 2 is 1.05 bits per heavy atom. The summed E-state index contributed by atoms with van der Waals surface area (Å²) in [4.78, 5) is 60.9. The lowest BCUT2D eigenvalue weighted by Gasteiger charge is -2.11. The third-order valence-electron chi connectivity index (χ3n) is 6.73. The highest BCUT2D eigenvalue weighted by atomic mass is 32.2. The first-order valence-electron chi connectivity index (χ1n) is 12.6. The van der Waals surface area contributed by atoms with Crippen molar-refractivity contribution in [3.05, 3.63) is 125 Å². The highest BCUT2D eigenvalue weighted by Crippen LogP contribution is 2.30. The first-order valence-corrected chi connectivity index (χ1v) is 14.0. The van der Waals surface area contributed by atoms with Gasteiger partial charge in [0, 0.05) is 28.1 Å². The van der Waals surface area contributed by atoms with E-state index in [0.29, 0.717) is 5.56 Å². The zero-order valence-corrected chi connectivity index (χ0v) is 22.7. The van der Waals surface area contributed by atoms with Crippen LogP contribution in [0, 0.1) is 0 Å². The quantitative estimate of drug-likeness (QED) is 0.242. The molecule has 0 atom stereocenters. The molecular formula is C31H18N2O9S. The number of esters is 3. The van der Waals surface area contributed by atoms with Gasteiger partial charge in [-0.3, -0.25) is 9.59 Å². The molecule has 0 spiro atoms. The molecule has 0 saturated carbocycles. The van der Waals surface area contributed by atoms with Gasteiger partial charge >= 0.3 is 17.9 Å². The molecule has 2 aliphatic heterocycles. The van der Waals surface area contributed by atoms with E-state index in [0.717, 1.165) is 0 Å². The molecular weight excluding hydrogens is 576 g/mol. The van der Waals surface area contributed by atoms with Gasteiger partial charge in [-0.2, -0.15) is 0 Å². The van der Waals surface area contributed by atoms with E-state index in [4.69, 9.17) is 4.74 Å². The molecule has 43 heavy (non-hydrogen) atoms. The van der Waals surface area contributed by atoms with Crippen molar-refractivity contribution in [2.45, 2.75) is 9.79 Å². The molecule has 0 aliphatic carbocycles. The third-order valence-corrected chi connectivity index (χ3v) is 8.48. The first kappa shape index (κ1) is 27.3. The molecule has 4 aromatic rings. The van der Waals surface area contributed by atoms with Gasteiger partial charge in [-0.25, -0.2) is 22.8 Å². The second-order valence-corrected chi connectivity index (χ2v) is 11.4. The van der Waals surface area contributed by atoms with Crippen molar-refractivity contribution >= 4 is 56.7 Å². The van der Waals surface area contributed by atoms with Gasteiger partial charge in [0.15, 0.2) is 0 Å². The van der Waals surface area contributed by atoms with E-state index in [2.05, 4.69) is 21.9 Å². The summed E-state index contributed by atoms with van der Waals surface area (Å²) in [5.74, 6) is -3.29. The normalized spacial score (nSPS) is 13.6. The number of fused-ring (bicyclic) bond motifs is 2. The van der Waals surface area contributed by atoms with Crippen LogP contribution in [0.1, 0.15) is 57.4 Å². The van der Waals surface area contributed by atoms with E-state index in [1.165, 1.54) is 78.9 Å². The number of hydrogen-bond acceptors (Lipinski definition) is 9. The molecule has 0 saturated heterocycles. The maximum Gasteiger partial charge on any atom is 0.346 e. The largest absolute Gasteiger partial charge is 0.423 e. The van der Waals surface area contributed by atoms with Crippen molar-refractivity contribution < 1.29 is 41.9 Å². The molecule has 0 radical (unpaired) electrons. The summed E-state index contributed by atoms with van der Waals surface area (Å²) in [6.45, 7) is 3.65. The Morgan fingerprint density at radius 3 is 1.60 bits per heavy atom. The van der Waals surface area contributed by atoms with Gasteiger partial charge in [-0.1, -0.05) is 18.7 Å². The Bertz CT molecular complexity index is 1920. The number of hydrogen-bond donors (Lipinski definition) is 2. The third kappa shape index (κ3) is 4.96. The molecule has 0 bridgehead atoms. The van der Waals surface area contributed by atoms with Crippen LogP contribution in [0.4, 0.5) is 11.4 Å². The smallest absolute Gasteiger partial charge is 0.346 e. The number of ether oxygens (including phenoxy) is 2. The second kappa shape index (κ2) is 10.2. The Labute approximate surface area is 243 Å². The van der Waals surface area contributed by atoms with E-state index < -0.39 is 39.6 Å². The minimum atomic E-state index is -4.10. The molecule has 0 unspecified atom stereocenters. The predicted octanol–water partition coefficient (Wildman–Crippen LogP) is 4.48. The summed E-state index contributed by atoms with van der Waals surface area (Å²) in [6, 6.07) is 19.5. The summed E-state index contributed by atoms with van der Waals surface area (Å²) >= 11 is 0. The molecule has 11 nitrogen and oxygen atoms in total. The number of sulfone groups is 1. The highest BCUT2D eigenvalue weighted by molar-refractivity contribution is 7.91. The SMILES string of the molecule is C=C1OC(=O)c2cc(C(=O)Nc3cccc(S(=O)(=O)c4cccc(NC(=O)c5ccc6c(c5)C(=O)OC6=O)c4)c3)ccc21. The van der Waals surface area contributed by atoms with Gasteiger partial charge < -0.3 is 20.1 Å². The first-order chi connectivity index (χ1) is 20.5. The fourth-order valence-electron chi connectivity index (χ4n) is 4.57. The van der Waals surface area contributed by atoms with Gasteiger partial charge in [0.2, 0.25) is 9.84 Å². The fraction of sp³-hybridized carbons (Fsp3) is 0. The number of carbonyl (C=O) groups excluding carboxylic acids is 5. The molecule has 2 heterocycles. The molecule has 2 aliphatic rings. The zero-order chi connectivity index (χ0) is 30.5. The molecule has 2 amide bonds. The number of carbonyl (C=O) groups is 5. The van der Waals surface area contributed by atoms with Crippen molar-refractivity contribution in [2.75, 3.05) is 10.6 Å². The lowest BCUT2D eigenvalue weighted by molar-refractivity contribution is 0.0442. The average Bonchev–Trinajstić information content (AvgIpc) is 3.45. The van der Waals surface area contributed by atoms with Crippen molar-refractivity contribution in [1.82, 2.24) is 0 Å².